The van der Waals surface area contributed by atoms with Crippen LogP contribution in [0.3, 0.4) is 0 Å². The molecule has 0 aliphatic rings. The van der Waals surface area contributed by atoms with Crippen LogP contribution in [-0.4, -0.2) is 44.0 Å². The van der Waals surface area contributed by atoms with Gasteiger partial charge in [-0.1, -0.05) is 36.4 Å². The van der Waals surface area contributed by atoms with Crippen molar-refractivity contribution < 1.29 is 4.79 Å². The van der Waals surface area contributed by atoms with Gasteiger partial charge in [0.15, 0.2) is 5.96 Å². The number of carbonyl (C=O) groups excluding carboxylic acids is 1. The predicted molar refractivity (Wildman–Crippen MR) is 120 cm³/mol. The highest BCUT2D eigenvalue weighted by Crippen LogP contribution is 2.09. The van der Waals surface area contributed by atoms with E-state index in [2.05, 4.69) is 38.0 Å². The van der Waals surface area contributed by atoms with Gasteiger partial charge in [0.2, 0.25) is 5.91 Å². The molecule has 26 heavy (non-hydrogen) atoms. The molecule has 2 aromatic rings. The van der Waals surface area contributed by atoms with Crippen molar-refractivity contribution in [3.05, 3.63) is 58.3 Å². The maximum atomic E-state index is 11.9. The molecule has 0 spiro atoms. The third-order valence-electron chi connectivity index (χ3n) is 3.81. The van der Waals surface area contributed by atoms with Gasteiger partial charge in [-0.3, -0.25) is 9.79 Å². The number of likely N-dealkylation sites (N-methyl/N-ethyl adjacent to an activating group) is 1. The lowest BCUT2D eigenvalue weighted by Crippen LogP contribution is -2.41. The summed E-state index contributed by atoms with van der Waals surface area (Å²) in [6, 6.07) is 14.1. The van der Waals surface area contributed by atoms with Crippen molar-refractivity contribution in [2.45, 2.75) is 19.4 Å². The van der Waals surface area contributed by atoms with E-state index in [0.29, 0.717) is 19.5 Å². The molecule has 0 saturated carbocycles. The summed E-state index contributed by atoms with van der Waals surface area (Å²) in [7, 11) is 3.78. The van der Waals surface area contributed by atoms with E-state index in [4.69, 9.17) is 0 Å². The van der Waals surface area contributed by atoms with E-state index in [1.165, 1.54) is 4.88 Å². The van der Waals surface area contributed by atoms with Crippen LogP contribution in [0.5, 0.6) is 0 Å². The molecular formula is C19H27IN4OS. The lowest BCUT2D eigenvalue weighted by Gasteiger charge is -2.21. The van der Waals surface area contributed by atoms with E-state index in [-0.39, 0.29) is 29.9 Å². The Kier molecular flexibility index (Phi) is 11.0. The average Bonchev–Trinajstić information content (AvgIpc) is 3.16. The third kappa shape index (κ3) is 8.18. The molecule has 0 bridgehead atoms. The van der Waals surface area contributed by atoms with E-state index in [9.17, 15) is 4.79 Å². The number of aliphatic imine (C=N–C) groups is 1. The average molecular weight is 486 g/mol. The molecule has 0 aliphatic carbocycles. The second-order valence-electron chi connectivity index (χ2n) is 5.74. The second kappa shape index (κ2) is 12.7. The minimum Gasteiger partial charge on any atom is -0.356 e. The van der Waals surface area contributed by atoms with Crippen molar-refractivity contribution in [3.63, 3.8) is 0 Å². The Labute approximate surface area is 176 Å². The van der Waals surface area contributed by atoms with Crippen molar-refractivity contribution in [3.8, 4) is 0 Å². The smallest absolute Gasteiger partial charge is 0.222 e. The van der Waals surface area contributed by atoms with Crippen LogP contribution in [-0.2, 0) is 17.8 Å². The summed E-state index contributed by atoms with van der Waals surface area (Å²) in [4.78, 5) is 19.7. The summed E-state index contributed by atoms with van der Waals surface area (Å²) in [6.45, 7) is 2.02. The third-order valence-corrected chi connectivity index (χ3v) is 4.75. The zero-order chi connectivity index (χ0) is 17.9. The molecule has 1 aromatic carbocycles. The number of hydrogen-bond donors (Lipinski definition) is 2. The van der Waals surface area contributed by atoms with Gasteiger partial charge in [0, 0.05) is 45.0 Å². The molecule has 0 atom stereocenters. The Balaban J connectivity index is 0.00000338. The van der Waals surface area contributed by atoms with E-state index in [0.717, 1.165) is 24.5 Å². The first-order chi connectivity index (χ1) is 12.2. The van der Waals surface area contributed by atoms with Crippen molar-refractivity contribution in [1.82, 2.24) is 15.5 Å². The quantitative estimate of drug-likeness (QED) is 0.343. The number of rotatable bonds is 8. The van der Waals surface area contributed by atoms with Crippen LogP contribution in [0.2, 0.25) is 0 Å². The first-order valence-corrected chi connectivity index (χ1v) is 9.32. The van der Waals surface area contributed by atoms with Crippen LogP contribution >= 0.6 is 35.3 Å². The Hall–Kier alpha value is -1.61. The van der Waals surface area contributed by atoms with Gasteiger partial charge < -0.3 is 15.5 Å². The number of thiophene rings is 1. The maximum Gasteiger partial charge on any atom is 0.222 e. The van der Waals surface area contributed by atoms with E-state index < -0.39 is 0 Å². The van der Waals surface area contributed by atoms with Gasteiger partial charge >= 0.3 is 0 Å². The maximum absolute atomic E-state index is 11.9. The van der Waals surface area contributed by atoms with Gasteiger partial charge in [-0.2, -0.15) is 0 Å². The molecule has 0 saturated heterocycles. The number of guanidine groups is 1. The molecule has 0 radical (unpaired) electrons. The topological polar surface area (TPSA) is 56.7 Å². The molecular weight excluding hydrogens is 459 g/mol. The van der Waals surface area contributed by atoms with Crippen molar-refractivity contribution in [2.24, 2.45) is 4.99 Å². The number of benzene rings is 1. The van der Waals surface area contributed by atoms with E-state index >= 15 is 0 Å². The molecule has 7 heteroatoms. The molecule has 0 fully saturated rings. The Morgan fingerprint density at radius 3 is 2.58 bits per heavy atom. The number of halogens is 1. The highest BCUT2D eigenvalue weighted by Gasteiger charge is 2.07. The predicted octanol–water partition coefficient (Wildman–Crippen LogP) is 3.12. The SMILES string of the molecule is CN=C(NCCC(=O)NCc1ccccc1)N(C)CCc1cccs1.I. The molecule has 142 valence electrons. The number of nitrogens with zero attached hydrogens (tertiary/aromatic N) is 2. The molecule has 1 amide bonds. The highest BCUT2D eigenvalue weighted by molar-refractivity contribution is 14.0. The summed E-state index contributed by atoms with van der Waals surface area (Å²) < 4.78 is 0. The van der Waals surface area contributed by atoms with Crippen LogP contribution in [0.15, 0.2) is 52.8 Å². The van der Waals surface area contributed by atoms with E-state index in [1.54, 1.807) is 18.4 Å². The minimum absolute atomic E-state index is 0. The molecule has 1 aromatic heterocycles. The Bertz CT molecular complexity index is 661. The summed E-state index contributed by atoms with van der Waals surface area (Å²) >= 11 is 1.77. The van der Waals surface area contributed by atoms with Crippen molar-refractivity contribution in [2.75, 3.05) is 27.2 Å². The van der Waals surface area contributed by atoms with Gasteiger partial charge in [0.25, 0.3) is 0 Å². The van der Waals surface area contributed by atoms with Crippen LogP contribution < -0.4 is 10.6 Å². The fourth-order valence-electron chi connectivity index (χ4n) is 2.40. The van der Waals surface area contributed by atoms with Gasteiger partial charge in [0.05, 0.1) is 0 Å². The number of hydrogen-bond acceptors (Lipinski definition) is 3. The summed E-state index contributed by atoms with van der Waals surface area (Å²) in [6.07, 6.45) is 1.41. The molecule has 5 nitrogen and oxygen atoms in total. The molecule has 1 heterocycles. The molecule has 0 aliphatic heterocycles. The van der Waals surface area contributed by atoms with Crippen LogP contribution in [0.25, 0.3) is 0 Å². The van der Waals surface area contributed by atoms with E-state index in [1.807, 2.05) is 37.4 Å². The highest BCUT2D eigenvalue weighted by atomic mass is 127. The van der Waals surface area contributed by atoms with Gasteiger partial charge in [0.1, 0.15) is 0 Å². The Morgan fingerprint density at radius 2 is 1.92 bits per heavy atom. The van der Waals surface area contributed by atoms with Gasteiger partial charge in [-0.05, 0) is 23.4 Å². The lowest BCUT2D eigenvalue weighted by atomic mass is 10.2. The molecule has 2 N–H and O–H groups in total. The fourth-order valence-corrected chi connectivity index (χ4v) is 3.09. The summed E-state index contributed by atoms with van der Waals surface area (Å²) in [5.41, 5.74) is 1.10. The monoisotopic (exact) mass is 486 g/mol. The normalized spacial score (nSPS) is 10.8. The second-order valence-corrected chi connectivity index (χ2v) is 6.77. The van der Waals surface area contributed by atoms with Crippen LogP contribution in [0.4, 0.5) is 0 Å². The first-order valence-electron chi connectivity index (χ1n) is 8.44. The van der Waals surface area contributed by atoms with Crippen LogP contribution in [0, 0.1) is 0 Å². The van der Waals surface area contributed by atoms with Crippen molar-refractivity contribution >= 4 is 47.2 Å². The van der Waals surface area contributed by atoms with Crippen molar-refractivity contribution in [1.29, 1.82) is 0 Å². The van der Waals surface area contributed by atoms with Gasteiger partial charge in [-0.15, -0.1) is 35.3 Å². The molecule has 0 unspecified atom stereocenters. The number of carbonyl (C=O) groups is 1. The zero-order valence-electron chi connectivity index (χ0n) is 15.3. The molecule has 2 rings (SSSR count). The number of nitrogens with one attached hydrogen (secondary N) is 2. The summed E-state index contributed by atoms with van der Waals surface area (Å²) in [5.74, 6) is 0.848. The number of amides is 1. The lowest BCUT2D eigenvalue weighted by molar-refractivity contribution is -0.121. The summed E-state index contributed by atoms with van der Waals surface area (Å²) in [5, 5.41) is 8.27. The Morgan fingerprint density at radius 1 is 1.15 bits per heavy atom. The largest absolute Gasteiger partial charge is 0.356 e. The standard InChI is InChI=1S/C19H26N4OS.HI/c1-20-19(23(2)13-11-17-9-6-14-25-17)21-12-10-18(24)22-15-16-7-4-3-5-8-16;/h3-9,14H,10-13,15H2,1-2H3,(H,20,21)(H,22,24);1H. The first kappa shape index (κ1) is 22.4. The zero-order valence-corrected chi connectivity index (χ0v) is 18.4. The van der Waals surface area contributed by atoms with Crippen LogP contribution in [0.1, 0.15) is 16.9 Å². The minimum atomic E-state index is 0. The van der Waals surface area contributed by atoms with Gasteiger partial charge in [-0.25, -0.2) is 0 Å². The fraction of sp³-hybridized carbons (Fsp3) is 0.368.